The maximum atomic E-state index is 13.9. The van der Waals surface area contributed by atoms with E-state index in [4.69, 9.17) is 31.1 Å². The van der Waals surface area contributed by atoms with Crippen LogP contribution in [0, 0.1) is 5.92 Å². The van der Waals surface area contributed by atoms with Gasteiger partial charge in [0.1, 0.15) is 17.3 Å². The van der Waals surface area contributed by atoms with Gasteiger partial charge >= 0.3 is 13.7 Å². The number of allylic oxidation sites excluding steroid dienone is 1. The van der Waals surface area contributed by atoms with E-state index in [-0.39, 0.29) is 29.7 Å². The Morgan fingerprint density at radius 2 is 2.03 bits per heavy atom. The Morgan fingerprint density at radius 1 is 1.24 bits per heavy atom. The fraction of sp³-hybridized carbons (Fsp3) is 0.280. The standard InChI is InChI=1S/C25H26ClN6O5P/c1-15(24(33)35-2)31-38(34,37-20-9-5-7-17-6-3-4-8-19(17)20)36-13-16-10-11-18(12-16)32-14-28-21-22(26)29-25(27)30-23(21)32/h3-11,14-16,18H,12-13H2,1-2H3,(H,31,34)(H2,27,29,30)/t15-,16+,18-,38?/m0/s1. The number of methoxy groups -OCH3 is 1. The largest absolute Gasteiger partial charge is 0.468 e. The quantitative estimate of drug-likeness (QED) is 0.129. The highest BCUT2D eigenvalue weighted by atomic mass is 35.5. The third-order valence-electron chi connectivity index (χ3n) is 6.24. The van der Waals surface area contributed by atoms with Crippen molar-refractivity contribution in [3.63, 3.8) is 0 Å². The van der Waals surface area contributed by atoms with Crippen LogP contribution >= 0.6 is 19.3 Å². The lowest BCUT2D eigenvalue weighted by Crippen LogP contribution is -2.34. The molecular weight excluding hydrogens is 531 g/mol. The number of hydrogen-bond acceptors (Lipinski definition) is 9. The van der Waals surface area contributed by atoms with Gasteiger partial charge in [0.15, 0.2) is 10.8 Å². The van der Waals surface area contributed by atoms with Crippen molar-refractivity contribution in [3.05, 3.63) is 66.1 Å². The Kier molecular flexibility index (Phi) is 7.36. The SMILES string of the molecule is COC(=O)[C@H](C)NP(=O)(OC[C@@H]1C=C[C@H](n2cnc3c(Cl)nc(N)nc32)C1)Oc1cccc2ccccc12. The van der Waals surface area contributed by atoms with Crippen LogP contribution in [-0.4, -0.2) is 45.2 Å². The molecule has 1 unspecified atom stereocenters. The lowest BCUT2D eigenvalue weighted by Gasteiger charge is -2.24. The van der Waals surface area contributed by atoms with Gasteiger partial charge in [-0.05, 0) is 24.8 Å². The van der Waals surface area contributed by atoms with Gasteiger partial charge < -0.3 is 19.6 Å². The molecule has 2 heterocycles. The minimum Gasteiger partial charge on any atom is -0.468 e. The van der Waals surface area contributed by atoms with Gasteiger partial charge in [-0.3, -0.25) is 9.32 Å². The van der Waals surface area contributed by atoms with E-state index in [9.17, 15) is 9.36 Å². The second-order valence-electron chi connectivity index (χ2n) is 8.88. The highest BCUT2D eigenvalue weighted by Crippen LogP contribution is 2.48. The summed E-state index contributed by atoms with van der Waals surface area (Å²) in [7, 11) is -2.75. The average Bonchev–Trinajstić information content (AvgIpc) is 3.54. The van der Waals surface area contributed by atoms with Crippen LogP contribution in [0.4, 0.5) is 5.95 Å². The van der Waals surface area contributed by atoms with Gasteiger partial charge in [0.25, 0.3) is 0 Å². The molecule has 2 aromatic carbocycles. The number of rotatable bonds is 9. The lowest BCUT2D eigenvalue weighted by atomic mass is 10.1. The van der Waals surface area contributed by atoms with Crippen LogP contribution < -0.4 is 15.3 Å². The molecule has 0 saturated carbocycles. The first kappa shape index (κ1) is 26.1. The van der Waals surface area contributed by atoms with E-state index in [0.29, 0.717) is 23.3 Å². The predicted molar refractivity (Wildman–Crippen MR) is 144 cm³/mol. The molecule has 38 heavy (non-hydrogen) atoms. The summed E-state index contributed by atoms with van der Waals surface area (Å²) in [6.07, 6.45) is 6.21. The number of nitrogens with two attached hydrogens (primary N) is 1. The normalized spacial score (nSPS) is 19.4. The van der Waals surface area contributed by atoms with E-state index in [1.54, 1.807) is 18.5 Å². The van der Waals surface area contributed by atoms with Gasteiger partial charge in [0, 0.05) is 11.3 Å². The van der Waals surface area contributed by atoms with Crippen molar-refractivity contribution < 1.29 is 23.1 Å². The molecule has 13 heteroatoms. The van der Waals surface area contributed by atoms with Crippen molar-refractivity contribution in [3.8, 4) is 5.75 Å². The third-order valence-corrected chi connectivity index (χ3v) is 8.13. The van der Waals surface area contributed by atoms with Crippen LogP contribution in [0.3, 0.4) is 0 Å². The number of nitrogens with one attached hydrogen (secondary N) is 1. The summed E-state index contributed by atoms with van der Waals surface area (Å²) >= 11 is 6.16. The van der Waals surface area contributed by atoms with Crippen LogP contribution in [0.2, 0.25) is 5.15 Å². The van der Waals surface area contributed by atoms with Crippen LogP contribution in [0.5, 0.6) is 5.75 Å². The number of fused-ring (bicyclic) bond motifs is 2. The van der Waals surface area contributed by atoms with Crippen LogP contribution in [0.15, 0.2) is 60.9 Å². The number of esters is 1. The molecule has 0 fully saturated rings. The maximum Gasteiger partial charge on any atom is 0.459 e. The summed E-state index contributed by atoms with van der Waals surface area (Å²) in [5, 5.41) is 4.57. The molecule has 11 nitrogen and oxygen atoms in total. The van der Waals surface area contributed by atoms with E-state index >= 15 is 0 Å². The second kappa shape index (κ2) is 10.7. The number of benzene rings is 2. The number of ether oxygens (including phenoxy) is 1. The monoisotopic (exact) mass is 556 g/mol. The number of aromatic nitrogens is 4. The van der Waals surface area contributed by atoms with Crippen molar-refractivity contribution in [2.75, 3.05) is 19.5 Å². The summed E-state index contributed by atoms with van der Waals surface area (Å²) < 4.78 is 32.4. The van der Waals surface area contributed by atoms with Crippen molar-refractivity contribution in [2.24, 2.45) is 5.92 Å². The van der Waals surface area contributed by atoms with Crippen molar-refractivity contribution in [1.29, 1.82) is 0 Å². The Balaban J connectivity index is 1.33. The van der Waals surface area contributed by atoms with Crippen LogP contribution in [0.25, 0.3) is 21.9 Å². The molecule has 1 aliphatic carbocycles. The molecule has 2 aromatic heterocycles. The van der Waals surface area contributed by atoms with E-state index in [2.05, 4.69) is 20.0 Å². The number of anilines is 1. The first-order valence-corrected chi connectivity index (χ1v) is 13.8. The van der Waals surface area contributed by atoms with Gasteiger partial charge in [-0.1, -0.05) is 60.2 Å². The Bertz CT molecular complexity index is 1570. The molecule has 4 atom stereocenters. The highest BCUT2D eigenvalue weighted by molar-refractivity contribution is 7.52. The molecule has 198 valence electrons. The molecule has 4 aromatic rings. The number of nitrogen functional groups attached to an aromatic ring is 1. The molecule has 5 rings (SSSR count). The summed E-state index contributed by atoms with van der Waals surface area (Å²) in [5.41, 5.74) is 6.76. The molecule has 0 aliphatic heterocycles. The molecule has 0 spiro atoms. The van der Waals surface area contributed by atoms with Crippen molar-refractivity contribution in [2.45, 2.75) is 25.4 Å². The van der Waals surface area contributed by atoms with Gasteiger partial charge in [0.2, 0.25) is 5.95 Å². The topological polar surface area (TPSA) is 143 Å². The van der Waals surface area contributed by atoms with E-state index in [1.165, 1.54) is 14.0 Å². The van der Waals surface area contributed by atoms with Crippen molar-refractivity contribution >= 4 is 53.2 Å². The summed E-state index contributed by atoms with van der Waals surface area (Å²) in [4.78, 5) is 24.6. The minimum absolute atomic E-state index is 0.0587. The number of imidazole rings is 1. The first-order chi connectivity index (χ1) is 18.3. The zero-order valence-corrected chi connectivity index (χ0v) is 22.3. The van der Waals surface area contributed by atoms with E-state index in [0.717, 1.165) is 10.8 Å². The number of carbonyl (C=O) groups excluding carboxylic acids is 1. The van der Waals surface area contributed by atoms with Crippen LogP contribution in [-0.2, 0) is 18.6 Å². The van der Waals surface area contributed by atoms with E-state index in [1.807, 2.05) is 47.1 Å². The summed E-state index contributed by atoms with van der Waals surface area (Å²) in [6.45, 7) is 1.60. The molecule has 0 amide bonds. The lowest BCUT2D eigenvalue weighted by molar-refractivity contribution is -0.142. The first-order valence-electron chi connectivity index (χ1n) is 11.9. The number of hydrogen-bond donors (Lipinski definition) is 2. The number of nitrogens with zero attached hydrogens (tertiary/aromatic N) is 4. The molecular formula is C25H26ClN6O5P. The highest BCUT2D eigenvalue weighted by Gasteiger charge is 2.34. The number of carbonyl (C=O) groups is 1. The van der Waals surface area contributed by atoms with Crippen molar-refractivity contribution in [1.82, 2.24) is 24.6 Å². The van der Waals surface area contributed by atoms with Gasteiger partial charge in [-0.25, -0.2) is 9.55 Å². The van der Waals surface area contributed by atoms with Gasteiger partial charge in [-0.2, -0.15) is 15.1 Å². The van der Waals surface area contributed by atoms with E-state index < -0.39 is 19.8 Å². The third kappa shape index (κ3) is 5.37. The minimum atomic E-state index is -4.01. The molecule has 0 bridgehead atoms. The fourth-order valence-electron chi connectivity index (χ4n) is 4.38. The molecule has 0 radical (unpaired) electrons. The fourth-order valence-corrected chi connectivity index (χ4v) is 6.16. The Morgan fingerprint density at radius 3 is 2.84 bits per heavy atom. The smallest absolute Gasteiger partial charge is 0.459 e. The predicted octanol–water partition coefficient (Wildman–Crippen LogP) is 4.69. The average molecular weight is 557 g/mol. The zero-order valence-electron chi connectivity index (χ0n) is 20.7. The Labute approximate surface area is 223 Å². The molecule has 1 aliphatic rings. The maximum absolute atomic E-state index is 13.9. The second-order valence-corrected chi connectivity index (χ2v) is 10.9. The molecule has 3 N–H and O–H groups in total. The zero-order chi connectivity index (χ0) is 26.9. The number of halogens is 1. The van der Waals surface area contributed by atoms with Crippen LogP contribution in [0.1, 0.15) is 19.4 Å². The molecule has 0 saturated heterocycles. The van der Waals surface area contributed by atoms with Gasteiger partial charge in [0.05, 0.1) is 26.1 Å². The Hall–Kier alpha value is -3.50. The summed E-state index contributed by atoms with van der Waals surface area (Å²) in [5.74, 6) is -0.270. The summed E-state index contributed by atoms with van der Waals surface area (Å²) in [6, 6.07) is 12.0. The van der Waals surface area contributed by atoms with Gasteiger partial charge in [-0.15, -0.1) is 0 Å².